The van der Waals surface area contributed by atoms with Crippen molar-refractivity contribution in [2.75, 3.05) is 7.11 Å². The first-order valence-corrected chi connectivity index (χ1v) is 16.0. The van der Waals surface area contributed by atoms with E-state index in [1.54, 1.807) is 7.11 Å². The van der Waals surface area contributed by atoms with Crippen LogP contribution in [0.3, 0.4) is 0 Å². The van der Waals surface area contributed by atoms with Gasteiger partial charge < -0.3 is 12.7 Å². The smallest absolute Gasteiger partial charge is 0.325 e. The van der Waals surface area contributed by atoms with Gasteiger partial charge in [-0.1, -0.05) is 70.2 Å². The molecule has 2 unspecified atom stereocenters. The van der Waals surface area contributed by atoms with Crippen LogP contribution in [-0.4, -0.2) is 32.5 Å². The van der Waals surface area contributed by atoms with Crippen LogP contribution in [0.4, 0.5) is 0 Å². The minimum absolute atomic E-state index is 0. The zero-order chi connectivity index (χ0) is 15.2. The SMILES string of the molecule is C.C.C.C.C.CCCC[Si](C)(OC)O[Si](C)(CCC)O[Si](C)(C)C. The molecule has 156 valence electrons. The molecule has 0 rings (SSSR count). The van der Waals surface area contributed by atoms with Crippen molar-refractivity contribution < 1.29 is 12.7 Å². The van der Waals surface area contributed by atoms with Crippen LogP contribution in [0.15, 0.2) is 0 Å². The maximum Gasteiger partial charge on any atom is 0.325 e. The van der Waals surface area contributed by atoms with E-state index in [0.717, 1.165) is 18.5 Å². The quantitative estimate of drug-likeness (QED) is 0.346. The second kappa shape index (κ2) is 17.0. The van der Waals surface area contributed by atoms with Gasteiger partial charge in [0.05, 0.1) is 0 Å². The molecule has 0 amide bonds. The molecule has 0 radical (unpaired) electrons. The van der Waals surface area contributed by atoms with E-state index in [0.29, 0.717) is 0 Å². The third-order valence-electron chi connectivity index (χ3n) is 3.07. The van der Waals surface area contributed by atoms with Gasteiger partial charge in [0.15, 0.2) is 8.32 Å². The Bertz CT molecular complexity index is 260. The average Bonchev–Trinajstić information content (AvgIpc) is 2.23. The number of hydrogen-bond donors (Lipinski definition) is 0. The van der Waals surface area contributed by atoms with Crippen LogP contribution in [-0.2, 0) is 12.7 Å². The van der Waals surface area contributed by atoms with Crippen molar-refractivity contribution in [3.63, 3.8) is 0 Å². The Morgan fingerprint density at radius 2 is 1.08 bits per heavy atom. The zero-order valence-electron chi connectivity index (χ0n) is 14.3. The van der Waals surface area contributed by atoms with Crippen molar-refractivity contribution in [3.05, 3.63) is 0 Å². The molecule has 0 spiro atoms. The van der Waals surface area contributed by atoms with E-state index >= 15 is 0 Å². The Balaban J connectivity index is -0.000000162. The Hall–Kier alpha value is 0.531. The van der Waals surface area contributed by atoms with E-state index in [4.69, 9.17) is 12.7 Å². The highest BCUT2D eigenvalue weighted by molar-refractivity contribution is 6.86. The van der Waals surface area contributed by atoms with Crippen molar-refractivity contribution >= 4 is 25.4 Å². The molecule has 0 fully saturated rings. The van der Waals surface area contributed by atoms with E-state index in [1.807, 2.05) is 0 Å². The Labute approximate surface area is 160 Å². The Kier molecular flexibility index (Phi) is 28.0. The van der Waals surface area contributed by atoms with Crippen LogP contribution in [0.5, 0.6) is 0 Å². The first-order valence-electron chi connectivity index (χ1n) is 7.55. The fraction of sp³-hybridized carbons (Fsp3) is 1.00. The second-order valence-electron chi connectivity index (χ2n) is 6.64. The van der Waals surface area contributed by atoms with Gasteiger partial charge >= 0.3 is 17.1 Å². The Morgan fingerprint density at radius 3 is 1.38 bits per heavy atom. The lowest BCUT2D eigenvalue weighted by atomic mass is 10.4. The average molecular weight is 403 g/mol. The molecule has 0 aromatic heterocycles. The van der Waals surface area contributed by atoms with E-state index in [-0.39, 0.29) is 37.1 Å². The normalized spacial score (nSPS) is 15.0. The maximum atomic E-state index is 6.56. The molecule has 0 N–H and O–H groups in total. The van der Waals surface area contributed by atoms with Crippen LogP contribution < -0.4 is 0 Å². The third kappa shape index (κ3) is 17.4. The minimum atomic E-state index is -2.09. The molecule has 0 bridgehead atoms. The van der Waals surface area contributed by atoms with E-state index in [1.165, 1.54) is 12.8 Å². The molecule has 0 aliphatic carbocycles. The van der Waals surface area contributed by atoms with Crippen molar-refractivity contribution in [2.24, 2.45) is 0 Å². The third-order valence-corrected chi connectivity index (χ3v) is 14.2. The molecule has 0 saturated carbocycles. The number of hydrogen-bond acceptors (Lipinski definition) is 3. The van der Waals surface area contributed by atoms with E-state index < -0.39 is 25.4 Å². The fourth-order valence-electron chi connectivity index (χ4n) is 2.37. The predicted octanol–water partition coefficient (Wildman–Crippen LogP) is 8.04. The molecule has 0 aliphatic heterocycles. The van der Waals surface area contributed by atoms with Gasteiger partial charge in [0, 0.05) is 7.11 Å². The Morgan fingerprint density at radius 1 is 0.625 bits per heavy atom. The van der Waals surface area contributed by atoms with Crippen LogP contribution >= 0.6 is 0 Å². The maximum absolute atomic E-state index is 6.56. The molecule has 24 heavy (non-hydrogen) atoms. The topological polar surface area (TPSA) is 27.7 Å². The van der Waals surface area contributed by atoms with Crippen molar-refractivity contribution in [1.29, 1.82) is 0 Å². The van der Waals surface area contributed by atoms with Crippen LogP contribution in [0.2, 0.25) is 44.8 Å². The summed E-state index contributed by atoms with van der Waals surface area (Å²) in [6, 6.07) is 2.14. The van der Waals surface area contributed by atoms with Gasteiger partial charge in [-0.25, -0.2) is 0 Å². The lowest BCUT2D eigenvalue weighted by molar-refractivity contribution is 0.267. The second-order valence-corrected chi connectivity index (χ2v) is 18.4. The molecule has 0 heterocycles. The molecule has 0 aromatic rings. The molecule has 0 aromatic carbocycles. The summed E-state index contributed by atoms with van der Waals surface area (Å²) in [6.07, 6.45) is 3.49. The highest BCUT2D eigenvalue weighted by Gasteiger charge is 2.43. The van der Waals surface area contributed by atoms with Gasteiger partial charge in [-0.05, 0) is 44.8 Å². The molecule has 0 aliphatic rings. The number of rotatable bonds is 10. The highest BCUT2D eigenvalue weighted by Crippen LogP contribution is 2.28. The summed E-state index contributed by atoms with van der Waals surface area (Å²) in [7, 11) is -3.92. The minimum Gasteiger partial charge on any atom is -0.437 e. The molecule has 0 saturated heterocycles. The van der Waals surface area contributed by atoms with Crippen LogP contribution in [0.1, 0.15) is 70.2 Å². The summed E-state index contributed by atoms with van der Waals surface area (Å²) >= 11 is 0. The molecule has 6 heteroatoms. The first-order chi connectivity index (χ1) is 8.60. The molecular formula is C18H54O3Si3. The monoisotopic (exact) mass is 402 g/mol. The van der Waals surface area contributed by atoms with Gasteiger partial charge in [-0.2, -0.15) is 0 Å². The first kappa shape index (κ1) is 39.6. The zero-order valence-corrected chi connectivity index (χ0v) is 17.3. The summed E-state index contributed by atoms with van der Waals surface area (Å²) in [4.78, 5) is 0. The standard InChI is InChI=1S/C13H34O3Si3.5CH4/c1-9-11-13-18(7,14-3)16-19(8,12-10-2)15-17(4,5)6;;;;;/h9-13H2,1-8H3;5*1H4. The summed E-state index contributed by atoms with van der Waals surface area (Å²) in [5.41, 5.74) is 0. The molecule has 3 nitrogen and oxygen atoms in total. The van der Waals surface area contributed by atoms with Gasteiger partial charge in [-0.15, -0.1) is 0 Å². The van der Waals surface area contributed by atoms with Crippen molar-refractivity contribution in [3.8, 4) is 0 Å². The van der Waals surface area contributed by atoms with Crippen LogP contribution in [0, 0.1) is 0 Å². The lowest BCUT2D eigenvalue weighted by Crippen LogP contribution is -2.55. The van der Waals surface area contributed by atoms with Gasteiger partial charge in [0.25, 0.3) is 0 Å². The summed E-state index contributed by atoms with van der Waals surface area (Å²) in [5.74, 6) is 0. The fourth-order valence-corrected chi connectivity index (χ4v) is 15.4. The molecular weight excluding hydrogens is 348 g/mol. The highest BCUT2D eigenvalue weighted by atomic mass is 28.5. The van der Waals surface area contributed by atoms with Crippen LogP contribution in [0.25, 0.3) is 0 Å². The van der Waals surface area contributed by atoms with E-state index in [9.17, 15) is 0 Å². The molecule has 2 atom stereocenters. The lowest BCUT2D eigenvalue weighted by Gasteiger charge is -2.40. The summed E-state index contributed by atoms with van der Waals surface area (Å²) in [6.45, 7) is 15.6. The van der Waals surface area contributed by atoms with Crippen molar-refractivity contribution in [1.82, 2.24) is 0 Å². The van der Waals surface area contributed by atoms with Gasteiger partial charge in [0.2, 0.25) is 0 Å². The van der Waals surface area contributed by atoms with Gasteiger partial charge in [0.1, 0.15) is 0 Å². The summed E-state index contributed by atoms with van der Waals surface area (Å²) < 4.78 is 18.8. The van der Waals surface area contributed by atoms with Gasteiger partial charge in [-0.3, -0.25) is 0 Å². The van der Waals surface area contributed by atoms with E-state index in [2.05, 4.69) is 46.6 Å². The van der Waals surface area contributed by atoms with Crippen molar-refractivity contribution in [2.45, 2.75) is 115 Å². The summed E-state index contributed by atoms with van der Waals surface area (Å²) in [5, 5.41) is 0. The largest absolute Gasteiger partial charge is 0.437 e. The predicted molar refractivity (Wildman–Crippen MR) is 124 cm³/mol. The number of unbranched alkanes of at least 4 members (excludes halogenated alkanes) is 1.